The van der Waals surface area contributed by atoms with Gasteiger partial charge in [-0.15, -0.1) is 0 Å². The van der Waals surface area contributed by atoms with Crippen LogP contribution >= 0.6 is 19.0 Å². The highest BCUT2D eigenvalue weighted by atomic mass is 35.5. The van der Waals surface area contributed by atoms with E-state index in [1.807, 2.05) is 67.6 Å². The lowest BCUT2D eigenvalue weighted by Gasteiger charge is -2.23. The lowest BCUT2D eigenvalue weighted by atomic mass is 10.1. The van der Waals surface area contributed by atoms with Gasteiger partial charge in [-0.25, -0.2) is 4.99 Å². The number of hydrogen-bond acceptors (Lipinski definition) is 2. The van der Waals surface area contributed by atoms with E-state index in [1.54, 1.807) is 0 Å². The Morgan fingerprint density at radius 1 is 0.800 bits per heavy atom. The molecular formula is C25H20ClN3P+. The van der Waals surface area contributed by atoms with Crippen LogP contribution in [-0.2, 0) is 0 Å². The Labute approximate surface area is 182 Å². The van der Waals surface area contributed by atoms with E-state index in [-0.39, 0.29) is 5.17 Å². The number of halogens is 1. The molecule has 3 aromatic rings. The Bertz CT molecular complexity index is 1070. The van der Waals surface area contributed by atoms with Gasteiger partial charge >= 0.3 is 0 Å². The molecule has 0 aliphatic carbocycles. The molecule has 0 fully saturated rings. The highest BCUT2D eigenvalue weighted by Gasteiger charge is 2.47. The summed E-state index contributed by atoms with van der Waals surface area (Å²) in [5, 5.41) is 11.1. The van der Waals surface area contributed by atoms with Crippen molar-refractivity contribution in [3.63, 3.8) is 0 Å². The molecule has 1 aliphatic heterocycles. The number of aliphatic imine (C=N–C) groups is 1. The van der Waals surface area contributed by atoms with E-state index in [9.17, 15) is 0 Å². The predicted molar refractivity (Wildman–Crippen MR) is 131 cm³/mol. The van der Waals surface area contributed by atoms with Gasteiger partial charge in [-0.3, -0.25) is 5.41 Å². The molecule has 0 radical (unpaired) electrons. The highest BCUT2D eigenvalue weighted by Crippen LogP contribution is 2.57. The van der Waals surface area contributed by atoms with Crippen LogP contribution < -0.4 is 15.9 Å². The third kappa shape index (κ3) is 3.72. The number of hydrogen-bond donors (Lipinski definition) is 1. The lowest BCUT2D eigenvalue weighted by Crippen LogP contribution is -2.30. The molecule has 3 nitrogen and oxygen atoms in total. The summed E-state index contributed by atoms with van der Waals surface area (Å²) < 4.78 is 5.32. The van der Waals surface area contributed by atoms with E-state index in [0.29, 0.717) is 11.4 Å². The maximum absolute atomic E-state index is 7.48. The molecule has 1 N–H and O–H groups in total. The van der Waals surface area contributed by atoms with Crippen LogP contribution in [0.3, 0.4) is 0 Å². The summed E-state index contributed by atoms with van der Waals surface area (Å²) in [7, 11) is -2.40. The zero-order valence-corrected chi connectivity index (χ0v) is 18.1. The van der Waals surface area contributed by atoms with Gasteiger partial charge in [-0.2, -0.15) is 0 Å². The van der Waals surface area contributed by atoms with Gasteiger partial charge in [0.15, 0.2) is 5.84 Å². The van der Waals surface area contributed by atoms with Crippen LogP contribution in [0.4, 0.5) is 0 Å². The van der Waals surface area contributed by atoms with Crippen LogP contribution in [0.5, 0.6) is 0 Å². The topological polar surface area (TPSA) is 48.6 Å². The quantitative estimate of drug-likeness (QED) is 0.446. The van der Waals surface area contributed by atoms with Crippen LogP contribution in [0.2, 0.25) is 0 Å². The van der Waals surface area contributed by atoms with Crippen LogP contribution in [0.15, 0.2) is 118 Å². The number of allylic oxidation sites excluding steroid dienone is 2. The molecule has 30 heavy (non-hydrogen) atoms. The van der Waals surface area contributed by atoms with Gasteiger partial charge in [0.25, 0.3) is 0 Å². The van der Waals surface area contributed by atoms with E-state index >= 15 is 0 Å². The normalized spacial score (nSPS) is 15.4. The first kappa shape index (κ1) is 20.2. The first-order valence-corrected chi connectivity index (χ1v) is 11.7. The van der Waals surface area contributed by atoms with Gasteiger partial charge in [0.1, 0.15) is 21.1 Å². The monoisotopic (exact) mass is 428 g/mol. The second-order valence-electron chi connectivity index (χ2n) is 6.83. The van der Waals surface area contributed by atoms with Crippen molar-refractivity contribution in [1.82, 2.24) is 0 Å². The molecule has 1 heterocycles. The van der Waals surface area contributed by atoms with Crippen molar-refractivity contribution in [3.05, 3.63) is 108 Å². The molecule has 0 unspecified atom stereocenters. The van der Waals surface area contributed by atoms with E-state index < -0.39 is 7.41 Å². The van der Waals surface area contributed by atoms with Crippen molar-refractivity contribution >= 4 is 51.8 Å². The minimum Gasteiger partial charge on any atom is -0.258 e. The third-order valence-corrected chi connectivity index (χ3v) is 8.84. The smallest absolute Gasteiger partial charge is 0.232 e. The van der Waals surface area contributed by atoms with Gasteiger partial charge in [-0.1, -0.05) is 71.0 Å². The Kier molecular flexibility index (Phi) is 5.88. The minimum atomic E-state index is -2.40. The molecule has 4 rings (SSSR count). The Hall–Kier alpha value is -3.09. The van der Waals surface area contributed by atoms with Gasteiger partial charge < -0.3 is 0 Å². The minimum absolute atomic E-state index is 0.246. The summed E-state index contributed by atoms with van der Waals surface area (Å²) in [6, 6.07) is 31.1. The van der Waals surface area contributed by atoms with Crippen molar-refractivity contribution < 1.29 is 0 Å². The average molecular weight is 429 g/mol. The second-order valence-corrected chi connectivity index (χ2v) is 10.2. The van der Waals surface area contributed by atoms with Crippen molar-refractivity contribution in [1.29, 1.82) is 5.41 Å². The Balaban J connectivity index is 2.07. The van der Waals surface area contributed by atoms with E-state index in [4.69, 9.17) is 21.8 Å². The summed E-state index contributed by atoms with van der Waals surface area (Å²) in [5.41, 5.74) is 1.33. The maximum Gasteiger partial charge on any atom is 0.232 e. The van der Waals surface area contributed by atoms with Crippen molar-refractivity contribution in [2.75, 3.05) is 0 Å². The number of dihydropyridines is 1. The van der Waals surface area contributed by atoms with Crippen LogP contribution in [-0.4, -0.2) is 16.9 Å². The van der Waals surface area contributed by atoms with Crippen molar-refractivity contribution in [2.45, 2.75) is 6.92 Å². The SMILES string of the molecule is CC1=C/C(=N\[P+](c2ccccc2)(c2ccccc2)c2ccccc2)N=C(Cl)C1=C=N. The Morgan fingerprint density at radius 3 is 1.60 bits per heavy atom. The summed E-state index contributed by atoms with van der Waals surface area (Å²) in [6.45, 7) is 1.90. The molecular weight excluding hydrogens is 409 g/mol. The molecule has 0 atom stereocenters. The first-order valence-electron chi connectivity index (χ1n) is 9.54. The van der Waals surface area contributed by atoms with Crippen LogP contribution in [0.1, 0.15) is 6.92 Å². The van der Waals surface area contributed by atoms with Gasteiger partial charge in [0, 0.05) is 0 Å². The summed E-state index contributed by atoms with van der Waals surface area (Å²) in [5.74, 6) is 2.93. The molecule has 0 saturated carbocycles. The van der Waals surface area contributed by atoms with Crippen molar-refractivity contribution in [2.24, 2.45) is 9.76 Å². The molecule has 3 aromatic carbocycles. The standard InChI is InChI=1S/C25H20ClN3P/c1-19-17-24(28-25(26)23(19)18-27)29-30(20-11-5-2-6-12-20,21-13-7-3-8-14-21)22-15-9-4-10-16-22/h2-17,27H,1H3/q+1/b29-24+. The molecule has 146 valence electrons. The van der Waals surface area contributed by atoms with Crippen LogP contribution in [0.25, 0.3) is 0 Å². The summed E-state index contributed by atoms with van der Waals surface area (Å²) >= 11 is 6.36. The van der Waals surface area contributed by atoms with Crippen LogP contribution in [0, 0.1) is 5.41 Å². The summed E-state index contributed by atoms with van der Waals surface area (Å²) in [6.07, 6.45) is 1.88. The van der Waals surface area contributed by atoms with E-state index in [1.165, 1.54) is 0 Å². The Morgan fingerprint density at radius 2 is 1.23 bits per heavy atom. The summed E-state index contributed by atoms with van der Waals surface area (Å²) in [4.78, 5) is 4.51. The fourth-order valence-electron chi connectivity index (χ4n) is 3.52. The number of benzene rings is 3. The molecule has 0 spiro atoms. The largest absolute Gasteiger partial charge is 0.258 e. The molecule has 0 aromatic heterocycles. The van der Waals surface area contributed by atoms with Gasteiger partial charge in [0.05, 0.1) is 5.57 Å². The first-order chi connectivity index (χ1) is 14.6. The fourth-order valence-corrected chi connectivity index (χ4v) is 7.27. The lowest BCUT2D eigenvalue weighted by molar-refractivity contribution is 1.44. The zero-order valence-electron chi connectivity index (χ0n) is 16.5. The number of nitrogens with zero attached hydrogens (tertiary/aromatic N) is 2. The number of amidine groups is 1. The van der Waals surface area contributed by atoms with E-state index in [2.05, 4.69) is 47.3 Å². The maximum atomic E-state index is 7.48. The van der Waals surface area contributed by atoms with Gasteiger partial charge in [-0.05, 0) is 60.8 Å². The van der Waals surface area contributed by atoms with Gasteiger partial charge in [0.2, 0.25) is 7.41 Å². The number of rotatable bonds is 4. The third-order valence-electron chi connectivity index (χ3n) is 4.93. The average Bonchev–Trinajstić information content (AvgIpc) is 2.79. The fraction of sp³-hybridized carbons (Fsp3) is 0.0400. The molecule has 0 saturated heterocycles. The highest BCUT2D eigenvalue weighted by molar-refractivity contribution is 7.94. The molecule has 5 heteroatoms. The molecule has 1 aliphatic rings. The van der Waals surface area contributed by atoms with E-state index in [0.717, 1.165) is 21.5 Å². The number of nitrogens with one attached hydrogen (secondary N) is 1. The molecule has 0 amide bonds. The predicted octanol–water partition coefficient (Wildman–Crippen LogP) is 5.07. The van der Waals surface area contributed by atoms with Crippen molar-refractivity contribution in [3.8, 4) is 0 Å². The second kappa shape index (κ2) is 8.73. The molecule has 0 bridgehead atoms. The zero-order chi connectivity index (χ0) is 21.0.